The molecule has 0 spiro atoms. The standard InChI is InChI=1S/C27H25ClN4O2/c1-2-3-4-5-26-30-24-16-19(23-17-25(34-31-23)18-12-14-29-15-13-18)6-11-22(24)27(33)32(26)21-9-7-20(28)8-10-21/h6-16,25H,2-5,17H2,1H3. The number of hydrogen-bond acceptors (Lipinski definition) is 5. The van der Waals surface area contributed by atoms with Gasteiger partial charge in [-0.3, -0.25) is 14.3 Å². The molecule has 172 valence electrons. The lowest BCUT2D eigenvalue weighted by molar-refractivity contribution is 0.0857. The van der Waals surface area contributed by atoms with Gasteiger partial charge in [0.2, 0.25) is 0 Å². The molecule has 1 unspecified atom stereocenters. The fourth-order valence-corrected chi connectivity index (χ4v) is 4.40. The monoisotopic (exact) mass is 472 g/mol. The summed E-state index contributed by atoms with van der Waals surface area (Å²) in [4.78, 5) is 28.3. The first-order valence-corrected chi connectivity index (χ1v) is 12.0. The Hall–Kier alpha value is -3.51. The fraction of sp³-hybridized carbons (Fsp3) is 0.259. The summed E-state index contributed by atoms with van der Waals surface area (Å²) < 4.78 is 1.71. The second-order valence-corrected chi connectivity index (χ2v) is 8.89. The van der Waals surface area contributed by atoms with Crippen molar-refractivity contribution in [3.8, 4) is 5.69 Å². The number of benzene rings is 2. The molecule has 0 bridgehead atoms. The van der Waals surface area contributed by atoms with Gasteiger partial charge in [-0.2, -0.15) is 0 Å². The molecule has 0 fully saturated rings. The third-order valence-electron chi connectivity index (χ3n) is 6.11. The number of fused-ring (bicyclic) bond motifs is 1. The predicted molar refractivity (Wildman–Crippen MR) is 135 cm³/mol. The summed E-state index contributed by atoms with van der Waals surface area (Å²) in [5.74, 6) is 0.754. The molecule has 0 aliphatic carbocycles. The van der Waals surface area contributed by atoms with E-state index in [0.29, 0.717) is 22.3 Å². The SMILES string of the molecule is CCCCCc1nc2cc(C3=NOC(c4ccncc4)C3)ccc2c(=O)n1-c1ccc(Cl)cc1. The quantitative estimate of drug-likeness (QED) is 0.308. The molecule has 34 heavy (non-hydrogen) atoms. The molecule has 1 aliphatic rings. The van der Waals surface area contributed by atoms with Gasteiger partial charge in [-0.05, 0) is 60.5 Å². The molecule has 2 aromatic heterocycles. The summed E-state index contributed by atoms with van der Waals surface area (Å²) in [6.45, 7) is 2.16. The van der Waals surface area contributed by atoms with Crippen LogP contribution in [0.25, 0.3) is 16.6 Å². The average molecular weight is 473 g/mol. The maximum absolute atomic E-state index is 13.6. The van der Waals surface area contributed by atoms with Crippen molar-refractivity contribution in [2.24, 2.45) is 5.16 Å². The van der Waals surface area contributed by atoms with Gasteiger partial charge < -0.3 is 4.84 Å². The Morgan fingerprint density at radius 1 is 1.06 bits per heavy atom. The molecule has 7 heteroatoms. The van der Waals surface area contributed by atoms with Crippen LogP contribution < -0.4 is 5.56 Å². The van der Waals surface area contributed by atoms with Crippen LogP contribution in [-0.2, 0) is 11.3 Å². The number of pyridine rings is 1. The Bertz CT molecular complexity index is 1400. The van der Waals surface area contributed by atoms with Crippen molar-refractivity contribution in [2.75, 3.05) is 0 Å². The number of aryl methyl sites for hydroxylation is 1. The molecule has 2 aromatic carbocycles. The normalized spacial score (nSPS) is 15.4. The minimum Gasteiger partial charge on any atom is -0.387 e. The second kappa shape index (κ2) is 9.77. The number of hydrogen-bond donors (Lipinski definition) is 0. The zero-order chi connectivity index (χ0) is 23.5. The summed E-state index contributed by atoms with van der Waals surface area (Å²) in [5, 5.41) is 5.53. The van der Waals surface area contributed by atoms with Gasteiger partial charge in [0, 0.05) is 35.8 Å². The fourth-order valence-electron chi connectivity index (χ4n) is 4.27. The van der Waals surface area contributed by atoms with Gasteiger partial charge in [0.05, 0.1) is 22.3 Å². The summed E-state index contributed by atoms with van der Waals surface area (Å²) in [6, 6.07) is 16.9. The van der Waals surface area contributed by atoms with Crippen molar-refractivity contribution in [1.29, 1.82) is 0 Å². The Balaban J connectivity index is 1.53. The van der Waals surface area contributed by atoms with Crippen molar-refractivity contribution >= 4 is 28.2 Å². The maximum Gasteiger partial charge on any atom is 0.265 e. The van der Waals surface area contributed by atoms with E-state index in [0.717, 1.165) is 54.0 Å². The predicted octanol–water partition coefficient (Wildman–Crippen LogP) is 6.03. The van der Waals surface area contributed by atoms with E-state index in [4.69, 9.17) is 21.4 Å². The van der Waals surface area contributed by atoms with E-state index < -0.39 is 0 Å². The number of halogens is 1. The van der Waals surface area contributed by atoms with Crippen molar-refractivity contribution in [2.45, 2.75) is 45.1 Å². The second-order valence-electron chi connectivity index (χ2n) is 8.45. The first kappa shape index (κ1) is 22.3. The smallest absolute Gasteiger partial charge is 0.265 e. The molecule has 0 N–H and O–H groups in total. The van der Waals surface area contributed by atoms with Crippen LogP contribution in [0.5, 0.6) is 0 Å². The Morgan fingerprint density at radius 3 is 2.62 bits per heavy atom. The highest BCUT2D eigenvalue weighted by Crippen LogP contribution is 2.29. The Labute approximate surface area is 202 Å². The lowest BCUT2D eigenvalue weighted by Crippen LogP contribution is -2.24. The van der Waals surface area contributed by atoms with Gasteiger partial charge in [0.1, 0.15) is 5.82 Å². The number of aromatic nitrogens is 3. The molecule has 0 amide bonds. The van der Waals surface area contributed by atoms with E-state index in [-0.39, 0.29) is 11.7 Å². The van der Waals surface area contributed by atoms with Crippen LogP contribution in [0.3, 0.4) is 0 Å². The topological polar surface area (TPSA) is 69.4 Å². The summed E-state index contributed by atoms with van der Waals surface area (Å²) >= 11 is 6.08. The summed E-state index contributed by atoms with van der Waals surface area (Å²) in [5.41, 5.74) is 4.17. The third kappa shape index (κ3) is 4.46. The highest BCUT2D eigenvalue weighted by molar-refractivity contribution is 6.30. The molecule has 4 aromatic rings. The first-order valence-electron chi connectivity index (χ1n) is 11.6. The zero-order valence-electron chi connectivity index (χ0n) is 18.9. The van der Waals surface area contributed by atoms with Gasteiger partial charge in [0.15, 0.2) is 6.10 Å². The highest BCUT2D eigenvalue weighted by Gasteiger charge is 2.24. The van der Waals surface area contributed by atoms with Gasteiger partial charge in [0.25, 0.3) is 5.56 Å². The number of unbranched alkanes of at least 4 members (excludes halogenated alkanes) is 2. The van der Waals surface area contributed by atoms with E-state index in [1.807, 2.05) is 42.5 Å². The van der Waals surface area contributed by atoms with Gasteiger partial charge in [-0.15, -0.1) is 0 Å². The molecular weight excluding hydrogens is 448 g/mol. The lowest BCUT2D eigenvalue weighted by atomic mass is 10.00. The van der Waals surface area contributed by atoms with E-state index >= 15 is 0 Å². The minimum atomic E-state index is -0.135. The Morgan fingerprint density at radius 2 is 1.85 bits per heavy atom. The summed E-state index contributed by atoms with van der Waals surface area (Å²) in [6.07, 6.45) is 7.89. The van der Waals surface area contributed by atoms with Gasteiger partial charge >= 0.3 is 0 Å². The average Bonchev–Trinajstić information content (AvgIpc) is 3.36. The van der Waals surface area contributed by atoms with Crippen molar-refractivity contribution in [3.63, 3.8) is 0 Å². The third-order valence-corrected chi connectivity index (χ3v) is 6.36. The molecular formula is C27H25ClN4O2. The minimum absolute atomic E-state index is 0.0790. The van der Waals surface area contributed by atoms with E-state index in [1.165, 1.54) is 0 Å². The molecule has 0 saturated heterocycles. The van der Waals surface area contributed by atoms with Crippen LogP contribution in [0.4, 0.5) is 0 Å². The van der Waals surface area contributed by atoms with Crippen molar-refractivity contribution < 1.29 is 4.84 Å². The largest absolute Gasteiger partial charge is 0.387 e. The first-order chi connectivity index (χ1) is 16.6. The van der Waals surface area contributed by atoms with Crippen LogP contribution in [0, 0.1) is 0 Å². The van der Waals surface area contributed by atoms with E-state index in [9.17, 15) is 4.79 Å². The maximum atomic E-state index is 13.6. The van der Waals surface area contributed by atoms with Gasteiger partial charge in [-0.1, -0.05) is 42.6 Å². The number of oxime groups is 1. The molecule has 3 heterocycles. The zero-order valence-corrected chi connectivity index (χ0v) is 19.7. The molecule has 1 atom stereocenters. The highest BCUT2D eigenvalue weighted by atomic mass is 35.5. The van der Waals surface area contributed by atoms with Crippen LogP contribution in [-0.4, -0.2) is 20.2 Å². The van der Waals surface area contributed by atoms with Crippen molar-refractivity contribution in [3.05, 3.63) is 99.3 Å². The summed E-state index contributed by atoms with van der Waals surface area (Å²) in [7, 11) is 0. The molecule has 0 saturated carbocycles. The molecule has 1 aliphatic heterocycles. The number of rotatable bonds is 7. The van der Waals surface area contributed by atoms with Gasteiger partial charge in [-0.25, -0.2) is 4.98 Å². The molecule has 5 rings (SSSR count). The van der Waals surface area contributed by atoms with E-state index in [1.54, 1.807) is 29.1 Å². The Kier molecular flexibility index (Phi) is 6.41. The van der Waals surface area contributed by atoms with Crippen molar-refractivity contribution in [1.82, 2.24) is 14.5 Å². The van der Waals surface area contributed by atoms with Crippen LogP contribution >= 0.6 is 11.6 Å². The van der Waals surface area contributed by atoms with Crippen LogP contribution in [0.1, 0.15) is 55.7 Å². The van der Waals surface area contributed by atoms with Crippen LogP contribution in [0.15, 0.2) is 76.9 Å². The number of nitrogens with zero attached hydrogens (tertiary/aromatic N) is 4. The lowest BCUT2D eigenvalue weighted by Gasteiger charge is -2.14. The van der Waals surface area contributed by atoms with Crippen LogP contribution in [0.2, 0.25) is 5.02 Å². The van der Waals surface area contributed by atoms with E-state index in [2.05, 4.69) is 17.1 Å². The molecule has 6 nitrogen and oxygen atoms in total. The molecule has 0 radical (unpaired) electrons.